The molecule has 3 aromatic carbocycles. The van der Waals surface area contributed by atoms with E-state index in [4.69, 9.17) is 14.2 Å². The van der Waals surface area contributed by atoms with E-state index in [1.807, 2.05) is 45.0 Å². The molecule has 44 heavy (non-hydrogen) atoms. The average Bonchev–Trinajstić information content (AvgIpc) is 2.94. The topological polar surface area (TPSA) is 106 Å². The minimum Gasteiger partial charge on any atom is -0.496 e. The summed E-state index contributed by atoms with van der Waals surface area (Å²) in [5.41, 5.74) is 3.57. The molecule has 4 rings (SSSR count). The molecule has 0 aliphatic carbocycles. The first-order chi connectivity index (χ1) is 20.6. The van der Waals surface area contributed by atoms with Crippen LogP contribution in [0.5, 0.6) is 11.5 Å². The zero-order valence-corrected chi connectivity index (χ0v) is 26.5. The Hall–Kier alpha value is -4.60. The van der Waals surface area contributed by atoms with Crippen molar-refractivity contribution >= 4 is 29.2 Å². The number of ketones is 1. The van der Waals surface area contributed by atoms with Crippen LogP contribution >= 0.6 is 0 Å². The van der Waals surface area contributed by atoms with E-state index in [9.17, 15) is 18.8 Å². The third-order valence-electron chi connectivity index (χ3n) is 7.21. The number of anilines is 2. The first-order valence-corrected chi connectivity index (χ1v) is 14.4. The molecule has 2 amide bonds. The first kappa shape index (κ1) is 32.3. The molecule has 0 fully saturated rings. The van der Waals surface area contributed by atoms with Gasteiger partial charge in [0, 0.05) is 30.7 Å². The number of ether oxygens (including phenoxy) is 3. The summed E-state index contributed by atoms with van der Waals surface area (Å²) in [7, 11) is 3.26. The number of alkyl carbamates (subject to hydrolysis) is 1. The van der Waals surface area contributed by atoms with Gasteiger partial charge < -0.3 is 29.7 Å². The van der Waals surface area contributed by atoms with Crippen molar-refractivity contribution < 1.29 is 33.0 Å². The number of halogens is 1. The number of benzene rings is 3. The van der Waals surface area contributed by atoms with E-state index >= 15 is 0 Å². The normalized spacial score (nSPS) is 13.9. The quantitative estimate of drug-likeness (QED) is 0.300. The Morgan fingerprint density at radius 3 is 2.41 bits per heavy atom. The maximum Gasteiger partial charge on any atom is 0.408 e. The van der Waals surface area contributed by atoms with Crippen molar-refractivity contribution in [1.82, 2.24) is 5.32 Å². The number of methoxy groups -OCH3 is 1. The molecular weight excluding hydrogens is 565 g/mol. The van der Waals surface area contributed by atoms with Crippen molar-refractivity contribution in [2.24, 2.45) is 0 Å². The standard InChI is InChI=1S/C34H40FN3O6/c1-20-9-11-22(35)17-28(20)43-19-26-24(13-14-27-30(26)38(7)31(40)34(5,6)37-27)25-12-10-21(16-29(25)42-8)15-23(39)18-36-32(41)44-33(2,3)4/h9-14,16-17,37H,15,18-19H2,1-8H3,(H,36,41). The van der Waals surface area contributed by atoms with Crippen LogP contribution in [0.2, 0.25) is 0 Å². The van der Waals surface area contributed by atoms with E-state index in [2.05, 4.69) is 10.6 Å². The number of rotatable bonds is 9. The second-order valence-electron chi connectivity index (χ2n) is 12.4. The molecule has 0 saturated heterocycles. The molecule has 1 aliphatic rings. The smallest absolute Gasteiger partial charge is 0.408 e. The summed E-state index contributed by atoms with van der Waals surface area (Å²) in [6.07, 6.45) is -0.586. The van der Waals surface area contributed by atoms with E-state index in [-0.39, 0.29) is 31.3 Å². The number of fused-ring (bicyclic) bond motifs is 1. The minimum atomic E-state index is -0.815. The molecule has 0 bridgehead atoms. The van der Waals surface area contributed by atoms with E-state index in [0.29, 0.717) is 28.3 Å². The summed E-state index contributed by atoms with van der Waals surface area (Å²) < 4.78 is 31.2. The van der Waals surface area contributed by atoms with Crippen molar-refractivity contribution in [2.75, 3.05) is 30.9 Å². The number of nitrogens with one attached hydrogen (secondary N) is 2. The number of Topliss-reactive ketones (excluding diaryl/α,β-unsaturated/α-hetero) is 1. The van der Waals surface area contributed by atoms with E-state index in [1.54, 1.807) is 52.0 Å². The van der Waals surface area contributed by atoms with E-state index in [0.717, 1.165) is 22.4 Å². The van der Waals surface area contributed by atoms with Crippen LogP contribution in [-0.2, 0) is 27.4 Å². The predicted octanol–water partition coefficient (Wildman–Crippen LogP) is 6.19. The molecule has 0 atom stereocenters. The van der Waals surface area contributed by atoms with Gasteiger partial charge in [-0.15, -0.1) is 0 Å². The summed E-state index contributed by atoms with van der Waals surface area (Å²) >= 11 is 0. The molecule has 1 heterocycles. The van der Waals surface area contributed by atoms with Gasteiger partial charge in [-0.25, -0.2) is 9.18 Å². The van der Waals surface area contributed by atoms with Gasteiger partial charge in [-0.2, -0.15) is 0 Å². The third-order valence-corrected chi connectivity index (χ3v) is 7.21. The molecule has 0 aromatic heterocycles. The van der Waals surface area contributed by atoms with Crippen LogP contribution in [0.25, 0.3) is 11.1 Å². The Bertz CT molecular complexity index is 1590. The second-order valence-corrected chi connectivity index (χ2v) is 12.4. The molecule has 0 unspecified atom stereocenters. The maximum atomic E-state index is 14.1. The van der Waals surface area contributed by atoms with Gasteiger partial charge >= 0.3 is 6.09 Å². The Morgan fingerprint density at radius 1 is 1.02 bits per heavy atom. The molecule has 3 aromatic rings. The van der Waals surface area contributed by atoms with Gasteiger partial charge in [0.05, 0.1) is 25.0 Å². The maximum absolute atomic E-state index is 14.1. The van der Waals surface area contributed by atoms with E-state index < -0.39 is 23.1 Å². The molecule has 0 saturated carbocycles. The predicted molar refractivity (Wildman–Crippen MR) is 168 cm³/mol. The lowest BCUT2D eigenvalue weighted by atomic mass is 9.91. The van der Waals surface area contributed by atoms with Crippen molar-refractivity contribution in [3.05, 3.63) is 71.0 Å². The highest BCUT2D eigenvalue weighted by atomic mass is 19.1. The monoisotopic (exact) mass is 605 g/mol. The molecule has 1 aliphatic heterocycles. The molecule has 9 nitrogen and oxygen atoms in total. The average molecular weight is 606 g/mol. The largest absolute Gasteiger partial charge is 0.496 e. The summed E-state index contributed by atoms with van der Waals surface area (Å²) in [6.45, 7) is 10.6. The van der Waals surface area contributed by atoms with Gasteiger partial charge in [0.25, 0.3) is 5.91 Å². The van der Waals surface area contributed by atoms with Crippen LogP contribution in [0.3, 0.4) is 0 Å². The molecule has 2 N–H and O–H groups in total. The van der Waals surface area contributed by atoms with Gasteiger partial charge in [0.1, 0.15) is 35.1 Å². The first-order valence-electron chi connectivity index (χ1n) is 14.4. The fourth-order valence-corrected chi connectivity index (χ4v) is 5.15. The number of hydrogen-bond acceptors (Lipinski definition) is 7. The lowest BCUT2D eigenvalue weighted by Gasteiger charge is -2.39. The van der Waals surface area contributed by atoms with Crippen LogP contribution in [-0.4, -0.2) is 49.6 Å². The summed E-state index contributed by atoms with van der Waals surface area (Å²) in [6, 6.07) is 13.6. The van der Waals surface area contributed by atoms with Gasteiger partial charge in [0.15, 0.2) is 5.78 Å². The number of hydrogen-bond donors (Lipinski definition) is 2. The van der Waals surface area contributed by atoms with Crippen molar-refractivity contribution in [3.63, 3.8) is 0 Å². The Kier molecular flexibility index (Phi) is 9.22. The molecule has 0 radical (unpaired) electrons. The molecule has 10 heteroatoms. The Balaban J connectivity index is 1.68. The number of amides is 2. The zero-order chi connectivity index (χ0) is 32.4. The van der Waals surface area contributed by atoms with Crippen molar-refractivity contribution in [2.45, 2.75) is 65.7 Å². The van der Waals surface area contributed by atoms with Gasteiger partial charge in [-0.1, -0.05) is 24.3 Å². The fraction of sp³-hybridized carbons (Fsp3) is 0.382. The molecule has 0 spiro atoms. The number of carbonyl (C=O) groups is 3. The Labute approximate surface area is 257 Å². The SMILES string of the molecule is COc1cc(CC(=O)CNC(=O)OC(C)(C)C)ccc1-c1ccc2c(c1COc1cc(F)ccc1C)N(C)C(=O)C(C)(C)N2. The minimum absolute atomic E-state index is 0.0439. The van der Waals surface area contributed by atoms with Crippen LogP contribution in [0.1, 0.15) is 51.3 Å². The number of aryl methyl sites for hydroxylation is 1. The number of carbonyl (C=O) groups excluding carboxylic acids is 3. The zero-order valence-electron chi connectivity index (χ0n) is 26.5. The van der Waals surface area contributed by atoms with Gasteiger partial charge in [-0.05, 0) is 76.4 Å². The van der Waals surface area contributed by atoms with Gasteiger partial charge in [0.2, 0.25) is 0 Å². The van der Waals surface area contributed by atoms with Crippen molar-refractivity contribution in [1.29, 1.82) is 0 Å². The van der Waals surface area contributed by atoms with Crippen molar-refractivity contribution in [3.8, 4) is 22.6 Å². The van der Waals surface area contributed by atoms with Crippen LogP contribution < -0.4 is 25.0 Å². The van der Waals surface area contributed by atoms with Crippen LogP contribution in [0.15, 0.2) is 48.5 Å². The van der Waals surface area contributed by atoms with Crippen LogP contribution in [0.4, 0.5) is 20.6 Å². The molecule has 234 valence electrons. The second kappa shape index (κ2) is 12.6. The lowest BCUT2D eigenvalue weighted by Crippen LogP contribution is -2.52. The summed E-state index contributed by atoms with van der Waals surface area (Å²) in [4.78, 5) is 39.5. The van der Waals surface area contributed by atoms with Crippen LogP contribution in [0, 0.1) is 12.7 Å². The van der Waals surface area contributed by atoms with Gasteiger partial charge in [-0.3, -0.25) is 9.59 Å². The summed E-state index contributed by atoms with van der Waals surface area (Å²) in [5.74, 6) is 0.174. The number of nitrogens with zero attached hydrogens (tertiary/aromatic N) is 1. The summed E-state index contributed by atoms with van der Waals surface area (Å²) in [5, 5.41) is 5.82. The van der Waals surface area contributed by atoms with E-state index in [1.165, 1.54) is 12.1 Å². The highest BCUT2D eigenvalue weighted by Gasteiger charge is 2.38. The lowest BCUT2D eigenvalue weighted by molar-refractivity contribution is -0.122. The highest BCUT2D eigenvalue weighted by Crippen LogP contribution is 2.44. The Morgan fingerprint density at radius 2 is 1.73 bits per heavy atom. The third kappa shape index (κ3) is 7.30. The number of likely N-dealkylation sites (N-methyl/N-ethyl adjacent to an activating group) is 1. The molecular formula is C34H40FN3O6. The highest BCUT2D eigenvalue weighted by molar-refractivity contribution is 6.08. The fourth-order valence-electron chi connectivity index (χ4n) is 5.15.